The van der Waals surface area contributed by atoms with E-state index in [-0.39, 0.29) is 11.8 Å². The van der Waals surface area contributed by atoms with Crippen molar-refractivity contribution in [1.82, 2.24) is 14.9 Å². The molecule has 1 aliphatic rings. The number of aryl methyl sites for hydroxylation is 1. The van der Waals surface area contributed by atoms with E-state index in [1.807, 2.05) is 29.9 Å². The lowest BCUT2D eigenvalue weighted by molar-refractivity contribution is 0.480. The Labute approximate surface area is 118 Å². The number of sulfone groups is 1. The molecule has 1 aliphatic heterocycles. The number of aromatic nitrogens is 2. The Morgan fingerprint density at radius 3 is 2.95 bits per heavy atom. The number of benzene rings is 1. The molecule has 0 aliphatic carbocycles. The number of hydrogen-bond donors (Lipinski definition) is 1. The zero-order valence-electron chi connectivity index (χ0n) is 11.3. The van der Waals surface area contributed by atoms with Crippen molar-refractivity contribution < 1.29 is 8.42 Å². The first-order valence-electron chi connectivity index (χ1n) is 6.59. The number of imidazole rings is 1. The molecule has 5 nitrogen and oxygen atoms in total. The van der Waals surface area contributed by atoms with E-state index in [2.05, 4.69) is 10.3 Å². The Kier molecular flexibility index (Phi) is 3.35. The molecule has 1 aromatic carbocycles. The van der Waals surface area contributed by atoms with Gasteiger partial charge in [0, 0.05) is 25.5 Å². The molecular weight excluding hydrogens is 274 g/mol. The van der Waals surface area contributed by atoms with Crippen molar-refractivity contribution in [3.63, 3.8) is 0 Å². The van der Waals surface area contributed by atoms with Crippen LogP contribution in [0.4, 0.5) is 0 Å². The van der Waals surface area contributed by atoms with Gasteiger partial charge in [0.2, 0.25) is 0 Å². The van der Waals surface area contributed by atoms with Crippen LogP contribution in [0, 0.1) is 0 Å². The summed E-state index contributed by atoms with van der Waals surface area (Å²) in [7, 11) is -1.17. The highest BCUT2D eigenvalue weighted by atomic mass is 32.2. The van der Waals surface area contributed by atoms with Gasteiger partial charge in [-0.05, 0) is 18.1 Å². The molecule has 106 valence electrons. The average molecular weight is 291 g/mol. The molecule has 2 heterocycles. The molecule has 0 saturated heterocycles. The smallest absolute Gasteiger partial charge is 0.178 e. The van der Waals surface area contributed by atoms with E-state index in [1.54, 1.807) is 18.3 Å². The highest BCUT2D eigenvalue weighted by Gasteiger charge is 2.29. The predicted molar refractivity (Wildman–Crippen MR) is 75.9 cm³/mol. The maximum Gasteiger partial charge on any atom is 0.178 e. The third-order valence-electron chi connectivity index (χ3n) is 3.73. The molecule has 1 N–H and O–H groups in total. The van der Waals surface area contributed by atoms with Gasteiger partial charge in [0.25, 0.3) is 0 Å². The van der Waals surface area contributed by atoms with Crippen LogP contribution in [0.25, 0.3) is 0 Å². The number of nitrogens with one attached hydrogen (secondary N) is 1. The monoisotopic (exact) mass is 291 g/mol. The second kappa shape index (κ2) is 5.03. The van der Waals surface area contributed by atoms with Crippen LogP contribution in [-0.2, 0) is 23.4 Å². The lowest BCUT2D eigenvalue weighted by Crippen LogP contribution is -2.30. The van der Waals surface area contributed by atoms with E-state index in [4.69, 9.17) is 0 Å². The Balaban J connectivity index is 1.84. The molecule has 0 amide bonds. The van der Waals surface area contributed by atoms with Crippen molar-refractivity contribution in [3.8, 4) is 0 Å². The first kappa shape index (κ1) is 13.3. The van der Waals surface area contributed by atoms with Crippen LogP contribution in [-0.4, -0.2) is 23.7 Å². The maximum atomic E-state index is 12.1. The summed E-state index contributed by atoms with van der Waals surface area (Å²) in [6.07, 6.45) is 4.26. The van der Waals surface area contributed by atoms with Gasteiger partial charge in [-0.25, -0.2) is 13.4 Å². The van der Waals surface area contributed by atoms with E-state index in [1.165, 1.54) is 0 Å². The molecular formula is C14H17N3O2S. The second-order valence-electron chi connectivity index (χ2n) is 5.03. The SMILES string of the molecule is Cn1ccnc1CNC1CCS(=O)(=O)c2ccccc21. The summed E-state index contributed by atoms with van der Waals surface area (Å²) in [6.45, 7) is 0.628. The average Bonchev–Trinajstić information content (AvgIpc) is 2.84. The van der Waals surface area contributed by atoms with Gasteiger partial charge in [0.05, 0.1) is 17.2 Å². The summed E-state index contributed by atoms with van der Waals surface area (Å²) in [5.74, 6) is 1.14. The number of hydrogen-bond acceptors (Lipinski definition) is 4. The van der Waals surface area contributed by atoms with Crippen LogP contribution in [0.3, 0.4) is 0 Å². The molecule has 0 saturated carbocycles. The summed E-state index contributed by atoms with van der Waals surface area (Å²) in [4.78, 5) is 4.73. The van der Waals surface area contributed by atoms with Crippen molar-refractivity contribution in [2.75, 3.05) is 5.75 Å². The first-order chi connectivity index (χ1) is 9.58. The van der Waals surface area contributed by atoms with Crippen LogP contribution in [0.5, 0.6) is 0 Å². The number of rotatable bonds is 3. The zero-order chi connectivity index (χ0) is 14.2. The molecule has 2 aromatic rings. The van der Waals surface area contributed by atoms with Crippen LogP contribution >= 0.6 is 0 Å². The third-order valence-corrected chi connectivity index (χ3v) is 5.55. The summed E-state index contributed by atoms with van der Waals surface area (Å²) in [5.41, 5.74) is 0.868. The van der Waals surface area contributed by atoms with E-state index in [0.29, 0.717) is 17.9 Å². The normalized spacial score (nSPS) is 20.6. The summed E-state index contributed by atoms with van der Waals surface area (Å²) < 4.78 is 26.1. The molecule has 6 heteroatoms. The molecule has 0 radical (unpaired) electrons. The molecule has 1 atom stereocenters. The molecule has 0 fully saturated rings. The van der Waals surface area contributed by atoms with E-state index in [9.17, 15) is 8.42 Å². The van der Waals surface area contributed by atoms with Gasteiger partial charge < -0.3 is 9.88 Å². The van der Waals surface area contributed by atoms with Crippen LogP contribution < -0.4 is 5.32 Å². The van der Waals surface area contributed by atoms with Crippen LogP contribution in [0.15, 0.2) is 41.6 Å². The van der Waals surface area contributed by atoms with Gasteiger partial charge in [-0.15, -0.1) is 0 Å². The van der Waals surface area contributed by atoms with Gasteiger partial charge in [-0.2, -0.15) is 0 Å². The fourth-order valence-corrected chi connectivity index (χ4v) is 4.20. The molecule has 0 bridgehead atoms. The lowest BCUT2D eigenvalue weighted by atomic mass is 10.0. The standard InChI is InChI=1S/C14H17N3O2S/c1-17-8-7-15-14(17)10-16-12-6-9-20(18,19)13-5-3-2-4-11(12)13/h2-5,7-8,12,16H,6,9-10H2,1H3. The van der Waals surface area contributed by atoms with Crippen molar-refractivity contribution >= 4 is 9.84 Å². The van der Waals surface area contributed by atoms with Crippen molar-refractivity contribution in [2.45, 2.75) is 23.9 Å². The molecule has 1 unspecified atom stereocenters. The highest BCUT2D eigenvalue weighted by molar-refractivity contribution is 7.91. The fourth-order valence-electron chi connectivity index (χ4n) is 2.58. The second-order valence-corrected chi connectivity index (χ2v) is 7.11. The number of fused-ring (bicyclic) bond motifs is 1. The minimum Gasteiger partial charge on any atom is -0.337 e. The van der Waals surface area contributed by atoms with Crippen molar-refractivity contribution in [3.05, 3.63) is 48.0 Å². The van der Waals surface area contributed by atoms with Gasteiger partial charge in [-0.3, -0.25) is 0 Å². The minimum absolute atomic E-state index is 0.0615. The van der Waals surface area contributed by atoms with Crippen LogP contribution in [0.1, 0.15) is 23.9 Å². The molecule has 20 heavy (non-hydrogen) atoms. The Morgan fingerprint density at radius 1 is 1.40 bits per heavy atom. The quantitative estimate of drug-likeness (QED) is 0.929. The van der Waals surface area contributed by atoms with Gasteiger partial charge in [0.1, 0.15) is 5.82 Å². The lowest BCUT2D eigenvalue weighted by Gasteiger charge is -2.26. The predicted octanol–water partition coefficient (Wildman–Crippen LogP) is 1.43. The van der Waals surface area contributed by atoms with Gasteiger partial charge in [0.15, 0.2) is 9.84 Å². The summed E-state index contributed by atoms with van der Waals surface area (Å²) >= 11 is 0. The molecule has 0 spiro atoms. The van der Waals surface area contributed by atoms with Crippen LogP contribution in [0.2, 0.25) is 0 Å². The molecule has 3 rings (SSSR count). The van der Waals surface area contributed by atoms with Crippen molar-refractivity contribution in [2.24, 2.45) is 7.05 Å². The third kappa shape index (κ3) is 2.36. The van der Waals surface area contributed by atoms with E-state index >= 15 is 0 Å². The van der Waals surface area contributed by atoms with Crippen molar-refractivity contribution in [1.29, 1.82) is 0 Å². The Morgan fingerprint density at radius 2 is 2.20 bits per heavy atom. The number of nitrogens with zero attached hydrogens (tertiary/aromatic N) is 2. The topological polar surface area (TPSA) is 64.0 Å². The summed E-state index contributed by atoms with van der Waals surface area (Å²) in [5, 5.41) is 3.41. The highest BCUT2D eigenvalue weighted by Crippen LogP contribution is 2.31. The van der Waals surface area contributed by atoms with Gasteiger partial charge >= 0.3 is 0 Å². The maximum absolute atomic E-state index is 12.1. The van der Waals surface area contributed by atoms with E-state index < -0.39 is 9.84 Å². The largest absolute Gasteiger partial charge is 0.337 e. The van der Waals surface area contributed by atoms with Gasteiger partial charge in [-0.1, -0.05) is 18.2 Å². The minimum atomic E-state index is -3.12. The fraction of sp³-hybridized carbons (Fsp3) is 0.357. The summed E-state index contributed by atoms with van der Waals surface area (Å²) in [6, 6.07) is 7.31. The first-order valence-corrected chi connectivity index (χ1v) is 8.24. The zero-order valence-corrected chi connectivity index (χ0v) is 12.1. The Bertz CT molecular complexity index is 722. The Hall–Kier alpha value is -1.66. The van der Waals surface area contributed by atoms with E-state index in [0.717, 1.165) is 11.4 Å². The molecule has 1 aromatic heterocycles.